The van der Waals surface area contributed by atoms with Gasteiger partial charge in [0.2, 0.25) is 5.91 Å². The summed E-state index contributed by atoms with van der Waals surface area (Å²) in [7, 11) is 1.41. The molecule has 3 rings (SSSR count). The highest BCUT2D eigenvalue weighted by Gasteiger charge is 2.13. The van der Waals surface area contributed by atoms with Crippen LogP contribution >= 0.6 is 11.6 Å². The summed E-state index contributed by atoms with van der Waals surface area (Å²) in [6.45, 7) is 0. The number of nitro groups is 1. The summed E-state index contributed by atoms with van der Waals surface area (Å²) in [5, 5.41) is 14.1. The van der Waals surface area contributed by atoms with Crippen LogP contribution in [0.1, 0.15) is 5.76 Å². The largest absolute Gasteiger partial charge is 0.495 e. The summed E-state index contributed by atoms with van der Waals surface area (Å²) in [6, 6.07) is 14.6. The van der Waals surface area contributed by atoms with Crippen molar-refractivity contribution >= 4 is 35.0 Å². The van der Waals surface area contributed by atoms with E-state index >= 15 is 0 Å². The molecule has 0 atom stereocenters. The van der Waals surface area contributed by atoms with Gasteiger partial charge in [0, 0.05) is 28.8 Å². The summed E-state index contributed by atoms with van der Waals surface area (Å²) >= 11 is 5.87. The second kappa shape index (κ2) is 8.41. The van der Waals surface area contributed by atoms with Crippen LogP contribution in [0, 0.1) is 10.1 Å². The van der Waals surface area contributed by atoms with Crippen molar-refractivity contribution < 1.29 is 18.9 Å². The van der Waals surface area contributed by atoms with Crippen molar-refractivity contribution in [2.45, 2.75) is 0 Å². The van der Waals surface area contributed by atoms with Gasteiger partial charge < -0.3 is 14.5 Å². The topological polar surface area (TPSA) is 94.6 Å². The van der Waals surface area contributed by atoms with E-state index in [1.165, 1.54) is 37.5 Å². The molecule has 7 nitrogen and oxygen atoms in total. The van der Waals surface area contributed by atoms with Crippen molar-refractivity contribution in [2.75, 3.05) is 12.4 Å². The Hall–Kier alpha value is -3.58. The van der Waals surface area contributed by atoms with E-state index in [9.17, 15) is 14.9 Å². The summed E-state index contributed by atoms with van der Waals surface area (Å²) in [5.74, 6) is 0.946. The quantitative estimate of drug-likeness (QED) is 0.351. The molecule has 1 heterocycles. The molecule has 0 aliphatic heterocycles. The number of nitrogens with zero attached hydrogens (tertiary/aromatic N) is 1. The number of benzene rings is 2. The Morgan fingerprint density at radius 3 is 2.61 bits per heavy atom. The zero-order valence-electron chi connectivity index (χ0n) is 14.7. The van der Waals surface area contributed by atoms with Gasteiger partial charge in [0.05, 0.1) is 17.7 Å². The normalized spacial score (nSPS) is 10.8. The van der Waals surface area contributed by atoms with Gasteiger partial charge >= 0.3 is 0 Å². The molecule has 2 aromatic carbocycles. The minimum atomic E-state index is -0.550. The van der Waals surface area contributed by atoms with Crippen LogP contribution in [0.15, 0.2) is 65.1 Å². The highest BCUT2D eigenvalue weighted by molar-refractivity contribution is 6.30. The molecule has 8 heteroatoms. The number of furan rings is 1. The van der Waals surface area contributed by atoms with Crippen LogP contribution in [-0.2, 0) is 4.79 Å². The van der Waals surface area contributed by atoms with Crippen LogP contribution in [0.5, 0.6) is 5.75 Å². The van der Waals surface area contributed by atoms with Crippen LogP contribution < -0.4 is 10.1 Å². The highest BCUT2D eigenvalue weighted by atomic mass is 35.5. The Kier molecular flexibility index (Phi) is 5.76. The van der Waals surface area contributed by atoms with Crippen molar-refractivity contribution in [1.82, 2.24) is 0 Å². The fraction of sp³-hybridized carbons (Fsp3) is 0.0500. The number of hydrogen-bond donors (Lipinski definition) is 1. The van der Waals surface area contributed by atoms with Crippen molar-refractivity contribution in [1.29, 1.82) is 0 Å². The van der Waals surface area contributed by atoms with Crippen LogP contribution in [0.2, 0.25) is 5.02 Å². The van der Waals surface area contributed by atoms with Crippen molar-refractivity contribution in [3.63, 3.8) is 0 Å². The molecule has 3 aromatic rings. The lowest BCUT2D eigenvalue weighted by atomic mass is 10.2. The maximum Gasteiger partial charge on any atom is 0.271 e. The molecule has 142 valence electrons. The summed E-state index contributed by atoms with van der Waals surface area (Å²) in [5.41, 5.74) is 0.904. The number of rotatable bonds is 6. The van der Waals surface area contributed by atoms with Crippen molar-refractivity contribution in [3.05, 3.63) is 81.6 Å². The summed E-state index contributed by atoms with van der Waals surface area (Å²) < 4.78 is 10.8. The molecule has 0 aliphatic carbocycles. The summed E-state index contributed by atoms with van der Waals surface area (Å²) in [4.78, 5) is 22.5. The number of methoxy groups -OCH3 is 1. The Morgan fingerprint density at radius 2 is 1.93 bits per heavy atom. The monoisotopic (exact) mass is 398 g/mol. The SMILES string of the molecule is COc1ccc([N+](=O)[O-])cc1NC(=O)C=Cc1ccc(-c2ccc(Cl)cc2)o1. The molecule has 1 amide bonds. The second-order valence-electron chi connectivity index (χ2n) is 5.67. The molecule has 0 fully saturated rings. The molecule has 1 aromatic heterocycles. The summed E-state index contributed by atoms with van der Waals surface area (Å²) in [6.07, 6.45) is 2.77. The van der Waals surface area contributed by atoms with E-state index in [-0.39, 0.29) is 11.4 Å². The van der Waals surface area contributed by atoms with Crippen LogP contribution in [-0.4, -0.2) is 17.9 Å². The Balaban J connectivity index is 1.72. The van der Waals surface area contributed by atoms with E-state index in [4.69, 9.17) is 20.8 Å². The lowest BCUT2D eigenvalue weighted by Crippen LogP contribution is -2.09. The number of nitrogens with one attached hydrogen (secondary N) is 1. The number of carbonyl (C=O) groups excluding carboxylic acids is 1. The second-order valence-corrected chi connectivity index (χ2v) is 6.11. The zero-order chi connectivity index (χ0) is 20.1. The van der Waals surface area contributed by atoms with Gasteiger partial charge in [0.15, 0.2) is 0 Å². The van der Waals surface area contributed by atoms with E-state index < -0.39 is 10.8 Å². The maximum atomic E-state index is 12.2. The smallest absolute Gasteiger partial charge is 0.271 e. The van der Waals surface area contributed by atoms with Gasteiger partial charge in [0.25, 0.3) is 5.69 Å². The fourth-order valence-electron chi connectivity index (χ4n) is 2.45. The van der Waals surface area contributed by atoms with Gasteiger partial charge in [0.1, 0.15) is 17.3 Å². The molecular weight excluding hydrogens is 384 g/mol. The van der Waals surface area contributed by atoms with E-state index in [0.29, 0.717) is 22.3 Å². The molecule has 0 unspecified atom stereocenters. The lowest BCUT2D eigenvalue weighted by molar-refractivity contribution is -0.384. The number of anilines is 1. The number of ether oxygens (including phenoxy) is 1. The molecule has 0 spiro atoms. The third-order valence-corrected chi connectivity index (χ3v) is 4.06. The predicted molar refractivity (Wildman–Crippen MR) is 106 cm³/mol. The predicted octanol–water partition coefficient (Wildman–Crippen LogP) is 5.17. The van der Waals surface area contributed by atoms with Gasteiger partial charge in [-0.1, -0.05) is 11.6 Å². The maximum absolute atomic E-state index is 12.2. The van der Waals surface area contributed by atoms with E-state index in [1.54, 1.807) is 24.3 Å². The molecule has 0 aliphatic rings. The Morgan fingerprint density at radius 1 is 1.18 bits per heavy atom. The lowest BCUT2D eigenvalue weighted by Gasteiger charge is -2.08. The standard InChI is InChI=1S/C20H15ClN2O5/c1-27-19-9-6-15(23(25)26)12-17(19)22-20(24)11-8-16-7-10-18(28-16)13-2-4-14(21)5-3-13/h2-12H,1H3,(H,22,24). The van der Waals surface area contributed by atoms with Gasteiger partial charge in [-0.15, -0.1) is 0 Å². The minimum absolute atomic E-state index is 0.154. The molecule has 1 N–H and O–H groups in total. The number of non-ortho nitro benzene ring substituents is 1. The van der Waals surface area contributed by atoms with Gasteiger partial charge in [-0.3, -0.25) is 14.9 Å². The van der Waals surface area contributed by atoms with Gasteiger partial charge in [-0.05, 0) is 48.5 Å². The van der Waals surface area contributed by atoms with Crippen LogP contribution in [0.4, 0.5) is 11.4 Å². The first kappa shape index (κ1) is 19.2. The van der Waals surface area contributed by atoms with Crippen LogP contribution in [0.25, 0.3) is 17.4 Å². The van der Waals surface area contributed by atoms with Gasteiger partial charge in [-0.25, -0.2) is 0 Å². The fourth-order valence-corrected chi connectivity index (χ4v) is 2.58. The molecule has 0 saturated carbocycles. The third-order valence-electron chi connectivity index (χ3n) is 3.81. The zero-order valence-corrected chi connectivity index (χ0v) is 15.5. The molecule has 28 heavy (non-hydrogen) atoms. The highest BCUT2D eigenvalue weighted by Crippen LogP contribution is 2.29. The number of nitro benzene ring substituents is 1. The van der Waals surface area contributed by atoms with E-state index in [2.05, 4.69) is 5.32 Å². The van der Waals surface area contributed by atoms with E-state index in [1.807, 2.05) is 12.1 Å². The number of carbonyl (C=O) groups is 1. The minimum Gasteiger partial charge on any atom is -0.495 e. The number of hydrogen-bond acceptors (Lipinski definition) is 5. The first-order valence-electron chi connectivity index (χ1n) is 8.13. The van der Waals surface area contributed by atoms with Crippen LogP contribution in [0.3, 0.4) is 0 Å². The van der Waals surface area contributed by atoms with Crippen molar-refractivity contribution in [2.24, 2.45) is 0 Å². The first-order valence-corrected chi connectivity index (χ1v) is 8.51. The average Bonchev–Trinajstić information content (AvgIpc) is 3.16. The molecule has 0 saturated heterocycles. The molecular formula is C20H15ClN2O5. The van der Waals surface area contributed by atoms with E-state index in [0.717, 1.165) is 5.56 Å². The third kappa shape index (κ3) is 4.57. The Labute approximate surface area is 165 Å². The number of halogens is 1. The average molecular weight is 399 g/mol. The first-order chi connectivity index (χ1) is 13.5. The van der Waals surface area contributed by atoms with Crippen molar-refractivity contribution in [3.8, 4) is 17.1 Å². The molecule has 0 radical (unpaired) electrons. The molecule has 0 bridgehead atoms. The van der Waals surface area contributed by atoms with Gasteiger partial charge in [-0.2, -0.15) is 0 Å². The number of amides is 1. The Bertz CT molecular complexity index is 1040.